The number of halogens is 1. The van der Waals surface area contributed by atoms with Gasteiger partial charge in [0, 0.05) is 51.0 Å². The number of nitrogens with one attached hydrogen (secondary N) is 2. The number of hydrogen-bond donors (Lipinski definition) is 2. The van der Waals surface area contributed by atoms with Crippen molar-refractivity contribution in [2.24, 2.45) is 0 Å². The number of aromatic nitrogens is 2. The Hall–Kier alpha value is -0.833. The van der Waals surface area contributed by atoms with E-state index >= 15 is 0 Å². The molecule has 0 fully saturated rings. The van der Waals surface area contributed by atoms with Crippen LogP contribution in [0.3, 0.4) is 0 Å². The molecule has 1 unspecified atom stereocenters. The van der Waals surface area contributed by atoms with Gasteiger partial charge < -0.3 is 15.0 Å². The van der Waals surface area contributed by atoms with Crippen molar-refractivity contribution < 1.29 is 9.53 Å². The van der Waals surface area contributed by atoms with Crippen LogP contribution < -0.4 is 5.32 Å². The molecule has 2 aromatic heterocycles. The zero-order chi connectivity index (χ0) is 18.4. The van der Waals surface area contributed by atoms with E-state index in [0.717, 1.165) is 40.0 Å². The van der Waals surface area contributed by atoms with Gasteiger partial charge in [0.2, 0.25) is 5.91 Å². The zero-order valence-electron chi connectivity index (χ0n) is 15.2. The molecule has 0 radical (unpaired) electrons. The van der Waals surface area contributed by atoms with Gasteiger partial charge in [0.05, 0.1) is 0 Å². The molecule has 0 aliphatic heterocycles. The van der Waals surface area contributed by atoms with Crippen LogP contribution in [-0.4, -0.2) is 42.9 Å². The Morgan fingerprint density at radius 1 is 1.48 bits per heavy atom. The number of ether oxygens (including phenoxy) is 1. The lowest BCUT2D eigenvalue weighted by Gasteiger charge is -2.19. The lowest BCUT2D eigenvalue weighted by atomic mass is 10.2. The molecular weight excluding hydrogens is 418 g/mol. The highest BCUT2D eigenvalue weighted by atomic mass is 79.9. The molecule has 0 aliphatic rings. The first-order valence-corrected chi connectivity index (χ1v) is 14.0. The topological polar surface area (TPSA) is 67.0 Å². The fourth-order valence-corrected chi connectivity index (χ4v) is 4.50. The van der Waals surface area contributed by atoms with Gasteiger partial charge in [-0.15, -0.1) is 11.8 Å². The molecule has 2 aromatic rings. The molecule has 0 saturated carbocycles. The molecule has 1 amide bonds. The highest BCUT2D eigenvalue weighted by molar-refractivity contribution is 9.09. The average Bonchev–Trinajstić information content (AvgIpc) is 2.96. The van der Waals surface area contributed by atoms with E-state index in [-0.39, 0.29) is 10.9 Å². The van der Waals surface area contributed by atoms with Crippen molar-refractivity contribution in [3.63, 3.8) is 0 Å². The molecule has 2 rings (SSSR count). The smallest absolute Gasteiger partial charge is 0.216 e. The second-order valence-electron chi connectivity index (χ2n) is 7.13. The lowest BCUT2D eigenvalue weighted by molar-refractivity contribution is -0.118. The average molecular weight is 444 g/mol. The Bertz CT molecular complexity index is 717. The number of rotatable bonds is 9. The molecule has 5 nitrogen and oxygen atoms in total. The molecule has 8 heteroatoms. The first-order chi connectivity index (χ1) is 11.8. The van der Waals surface area contributed by atoms with Crippen LogP contribution in [0, 0.1) is 0 Å². The van der Waals surface area contributed by atoms with E-state index in [1.165, 1.54) is 6.92 Å². The van der Waals surface area contributed by atoms with E-state index in [1.807, 2.05) is 12.3 Å². The maximum Gasteiger partial charge on any atom is 0.216 e. The van der Waals surface area contributed by atoms with Gasteiger partial charge in [0.15, 0.2) is 0 Å². The van der Waals surface area contributed by atoms with E-state index in [9.17, 15) is 4.79 Å². The van der Waals surface area contributed by atoms with Crippen molar-refractivity contribution in [3.05, 3.63) is 23.9 Å². The summed E-state index contributed by atoms with van der Waals surface area (Å²) < 4.78 is 6.03. The quantitative estimate of drug-likeness (QED) is 0.258. The molecule has 0 aromatic carbocycles. The van der Waals surface area contributed by atoms with Crippen LogP contribution in [0.2, 0.25) is 25.7 Å². The van der Waals surface area contributed by atoms with Crippen LogP contribution in [0.25, 0.3) is 11.0 Å². The molecule has 0 aliphatic carbocycles. The third kappa shape index (κ3) is 6.77. The predicted molar refractivity (Wildman–Crippen MR) is 111 cm³/mol. The van der Waals surface area contributed by atoms with E-state index in [4.69, 9.17) is 9.72 Å². The molecule has 0 spiro atoms. The summed E-state index contributed by atoms with van der Waals surface area (Å²) in [5.41, 5.74) is 1.91. The van der Waals surface area contributed by atoms with Gasteiger partial charge in [0.25, 0.3) is 0 Å². The van der Waals surface area contributed by atoms with E-state index in [1.54, 1.807) is 11.8 Å². The minimum atomic E-state index is -1.12. The first kappa shape index (κ1) is 20.5. The number of fused-ring (bicyclic) bond motifs is 1. The van der Waals surface area contributed by atoms with Gasteiger partial charge in [-0.05, 0) is 18.2 Å². The number of H-pyrrole nitrogens is 1. The van der Waals surface area contributed by atoms with E-state index < -0.39 is 8.07 Å². The van der Waals surface area contributed by atoms with Gasteiger partial charge >= 0.3 is 0 Å². The summed E-state index contributed by atoms with van der Waals surface area (Å²) in [5.74, 6) is 0.752. The maximum absolute atomic E-state index is 11.0. The molecule has 2 heterocycles. The highest BCUT2D eigenvalue weighted by Gasteiger charge is 2.18. The summed E-state index contributed by atoms with van der Waals surface area (Å²) in [6.07, 6.45) is 1.89. The van der Waals surface area contributed by atoms with Crippen molar-refractivity contribution in [2.75, 3.05) is 18.9 Å². The number of thioether (sulfide) groups is 1. The van der Waals surface area contributed by atoms with Crippen LogP contribution in [0.5, 0.6) is 0 Å². The third-order valence-corrected chi connectivity index (χ3v) is 7.07. The predicted octanol–water partition coefficient (Wildman–Crippen LogP) is 4.54. The normalized spacial score (nSPS) is 13.2. The first-order valence-electron chi connectivity index (χ1n) is 8.37. The minimum absolute atomic E-state index is 0.0124. The second-order valence-corrected chi connectivity index (χ2v) is 14.7. The largest absolute Gasteiger partial charge is 0.362 e. The zero-order valence-corrected chi connectivity index (χ0v) is 18.6. The molecule has 1 atom stereocenters. The Morgan fingerprint density at radius 2 is 2.24 bits per heavy atom. The number of amides is 1. The third-order valence-electron chi connectivity index (χ3n) is 3.60. The number of carbonyl (C=O) groups excluding carboxylic acids is 1. The van der Waals surface area contributed by atoms with Gasteiger partial charge in [-0.1, -0.05) is 35.6 Å². The van der Waals surface area contributed by atoms with Crippen LogP contribution >= 0.6 is 27.7 Å². The minimum Gasteiger partial charge on any atom is -0.362 e. The number of nitrogens with zero attached hydrogens (tertiary/aromatic N) is 1. The van der Waals surface area contributed by atoms with Gasteiger partial charge in [0.1, 0.15) is 15.7 Å². The molecule has 0 saturated heterocycles. The Labute approximate surface area is 162 Å². The number of aromatic amines is 1. The molecular formula is C17H26BrN3O2SSi. The van der Waals surface area contributed by atoms with E-state index in [0.29, 0.717) is 6.54 Å². The van der Waals surface area contributed by atoms with E-state index in [2.05, 4.69) is 51.9 Å². The van der Waals surface area contributed by atoms with Crippen molar-refractivity contribution in [3.8, 4) is 0 Å². The fraction of sp³-hybridized carbons (Fsp3) is 0.529. The SMILES string of the molecule is CC(=O)NCCSc1nc2[nH]ccc2cc1C(Br)OCC[Si](C)(C)C. The van der Waals surface area contributed by atoms with Crippen molar-refractivity contribution in [1.29, 1.82) is 0 Å². The van der Waals surface area contributed by atoms with Crippen molar-refractivity contribution in [1.82, 2.24) is 15.3 Å². The maximum atomic E-state index is 11.0. The Kier molecular flexibility index (Phi) is 7.54. The number of alkyl halides is 1. The standard InChI is InChI=1S/C17H26BrN3O2SSi/c1-12(22)19-7-9-24-17-14(11-13-5-6-20-16(13)21-17)15(18)23-8-10-25(2,3)4/h5-6,11,15H,7-10H2,1-4H3,(H,19,22)(H,20,21). The lowest BCUT2D eigenvalue weighted by Crippen LogP contribution is -2.22. The van der Waals surface area contributed by atoms with Crippen molar-refractivity contribution in [2.45, 2.75) is 42.6 Å². The Balaban J connectivity index is 2.09. The summed E-state index contributed by atoms with van der Waals surface area (Å²) in [5, 5.41) is 4.63. The summed E-state index contributed by atoms with van der Waals surface area (Å²) in [7, 11) is -1.12. The monoisotopic (exact) mass is 443 g/mol. The molecule has 138 valence electrons. The van der Waals surface area contributed by atoms with Crippen LogP contribution in [0.15, 0.2) is 23.4 Å². The Morgan fingerprint density at radius 3 is 2.92 bits per heavy atom. The van der Waals surface area contributed by atoms with Gasteiger partial charge in [-0.3, -0.25) is 4.79 Å². The highest BCUT2D eigenvalue weighted by Crippen LogP contribution is 2.34. The van der Waals surface area contributed by atoms with Gasteiger partial charge in [-0.25, -0.2) is 4.98 Å². The van der Waals surface area contributed by atoms with Crippen LogP contribution in [0.1, 0.15) is 17.5 Å². The van der Waals surface area contributed by atoms with Gasteiger partial charge in [-0.2, -0.15) is 0 Å². The number of hydrogen-bond acceptors (Lipinski definition) is 4. The second kappa shape index (κ2) is 9.20. The fourth-order valence-electron chi connectivity index (χ4n) is 2.19. The molecule has 0 bridgehead atoms. The van der Waals surface area contributed by atoms with Crippen LogP contribution in [0.4, 0.5) is 0 Å². The summed E-state index contributed by atoms with van der Waals surface area (Å²) in [4.78, 5) is 18.9. The summed E-state index contributed by atoms with van der Waals surface area (Å²) >= 11 is 5.30. The number of pyridine rings is 1. The molecule has 25 heavy (non-hydrogen) atoms. The number of carbonyl (C=O) groups is 1. The molecule has 2 N–H and O–H groups in total. The summed E-state index contributed by atoms with van der Waals surface area (Å²) in [6.45, 7) is 9.92. The van der Waals surface area contributed by atoms with Crippen molar-refractivity contribution >= 4 is 52.7 Å². The summed E-state index contributed by atoms with van der Waals surface area (Å²) in [6, 6.07) is 5.26. The van der Waals surface area contributed by atoms with Crippen LogP contribution in [-0.2, 0) is 9.53 Å².